The van der Waals surface area contributed by atoms with Crippen molar-refractivity contribution in [2.75, 3.05) is 25.6 Å². The van der Waals surface area contributed by atoms with Gasteiger partial charge in [-0.1, -0.05) is 6.07 Å². The van der Waals surface area contributed by atoms with E-state index in [1.165, 1.54) is 11.3 Å². The van der Waals surface area contributed by atoms with Crippen molar-refractivity contribution in [1.29, 1.82) is 0 Å². The van der Waals surface area contributed by atoms with Crippen molar-refractivity contribution in [3.8, 4) is 0 Å². The van der Waals surface area contributed by atoms with E-state index in [0.29, 0.717) is 9.89 Å². The molecule has 0 aromatic carbocycles. The third-order valence-electron chi connectivity index (χ3n) is 6.05. The summed E-state index contributed by atoms with van der Waals surface area (Å²) in [6.45, 7) is -1.93. The Morgan fingerprint density at radius 3 is 2.30 bits per heavy atom. The van der Waals surface area contributed by atoms with Gasteiger partial charge in [0.05, 0.1) is 31.6 Å². The highest BCUT2D eigenvalue weighted by molar-refractivity contribution is 7.09. The Labute approximate surface area is 219 Å². The number of hydrogen-bond acceptors (Lipinski definition) is 14. The number of aliphatic hydroxyl groups excluding tert-OH is 7. The summed E-state index contributed by atoms with van der Waals surface area (Å²) in [6.07, 6.45) is -16.5. The maximum absolute atomic E-state index is 13.1. The molecule has 0 bridgehead atoms. The van der Waals surface area contributed by atoms with E-state index in [1.54, 1.807) is 17.5 Å². The van der Waals surface area contributed by atoms with Crippen molar-refractivity contribution in [2.24, 2.45) is 5.29 Å². The number of ether oxygens (including phenoxy) is 3. The highest BCUT2D eigenvalue weighted by Crippen LogP contribution is 2.31. The minimum absolute atomic E-state index is 0.116. The number of urea groups is 1. The molecular weight excluding hydrogens is 542 g/mol. The van der Waals surface area contributed by atoms with Crippen LogP contribution in [0.3, 0.4) is 0 Å². The first kappa shape index (κ1) is 30.0. The molecular formula is C20H30ClN3O12S. The number of carbonyl (C=O) groups is 1. The molecule has 7 N–H and O–H groups in total. The Bertz CT molecular complexity index is 868. The quantitative estimate of drug-likeness (QED) is 0.0880. The Morgan fingerprint density at radius 1 is 1.03 bits per heavy atom. The van der Waals surface area contributed by atoms with Gasteiger partial charge >= 0.3 is 6.03 Å². The highest BCUT2D eigenvalue weighted by Gasteiger charge is 2.52. The summed E-state index contributed by atoms with van der Waals surface area (Å²) < 4.78 is 16.5. The highest BCUT2D eigenvalue weighted by atomic mass is 35.5. The van der Waals surface area contributed by atoms with Gasteiger partial charge in [0.25, 0.3) is 0 Å². The lowest BCUT2D eigenvalue weighted by atomic mass is 9.96. The number of nitroso groups, excluding NO2 is 1. The van der Waals surface area contributed by atoms with E-state index in [4.69, 9.17) is 25.8 Å². The predicted molar refractivity (Wildman–Crippen MR) is 125 cm³/mol. The second-order valence-corrected chi connectivity index (χ2v) is 9.82. The Balaban J connectivity index is 1.84. The number of rotatable bonds is 10. The van der Waals surface area contributed by atoms with Crippen LogP contribution in [0.1, 0.15) is 4.88 Å². The standard InChI is InChI=1S/C20H30ClN3O12S/c21-3-4-24(22-33)20(32)23(6-9-2-1-5-37-9)18-15(30)14(29)17(11(8-26)34-18)36-19-16(31)13(28)12(27)10(7-25)35-19/h1-2,5,10-19,25-31H,3-4,6-8H2/t10-,11-,12-,13+,14-,15-,16-,17-,18?,19-/m1/s1. The molecule has 0 spiro atoms. The molecule has 17 heteroatoms. The van der Waals surface area contributed by atoms with E-state index in [1.807, 2.05) is 0 Å². The molecule has 15 nitrogen and oxygen atoms in total. The molecule has 1 aromatic rings. The minimum atomic E-state index is -1.86. The summed E-state index contributed by atoms with van der Waals surface area (Å²) in [6, 6.07) is 2.42. The lowest BCUT2D eigenvalue weighted by Crippen LogP contribution is -2.67. The molecule has 3 heterocycles. The van der Waals surface area contributed by atoms with Crippen molar-refractivity contribution in [3.63, 3.8) is 0 Å². The summed E-state index contributed by atoms with van der Waals surface area (Å²) in [5.74, 6) is -0.116. The van der Waals surface area contributed by atoms with Crippen molar-refractivity contribution in [2.45, 2.75) is 67.9 Å². The summed E-state index contributed by atoms with van der Waals surface area (Å²) in [4.78, 5) is 26.0. The van der Waals surface area contributed by atoms with E-state index in [2.05, 4.69) is 5.29 Å². The molecule has 2 aliphatic heterocycles. The summed E-state index contributed by atoms with van der Waals surface area (Å²) >= 11 is 6.92. The van der Waals surface area contributed by atoms with Crippen LogP contribution in [0, 0.1) is 4.91 Å². The largest absolute Gasteiger partial charge is 0.394 e. The molecule has 0 saturated carbocycles. The van der Waals surface area contributed by atoms with Crippen molar-refractivity contribution in [1.82, 2.24) is 9.91 Å². The molecule has 210 valence electrons. The Kier molecular flexibility index (Phi) is 10.9. The van der Waals surface area contributed by atoms with Gasteiger partial charge in [-0.3, -0.25) is 4.90 Å². The average Bonchev–Trinajstić information content (AvgIpc) is 3.42. The van der Waals surface area contributed by atoms with E-state index in [9.17, 15) is 45.4 Å². The number of halogens is 1. The molecule has 2 saturated heterocycles. The number of nitrogens with zero attached hydrogens (tertiary/aromatic N) is 3. The molecule has 37 heavy (non-hydrogen) atoms. The normalized spacial score (nSPS) is 36.2. The second-order valence-electron chi connectivity index (χ2n) is 8.41. The predicted octanol–water partition coefficient (Wildman–Crippen LogP) is -2.48. The maximum atomic E-state index is 13.1. The van der Waals surface area contributed by atoms with Gasteiger partial charge in [0.1, 0.15) is 48.8 Å². The number of hydrogen-bond donors (Lipinski definition) is 7. The van der Waals surface area contributed by atoms with Crippen LogP contribution in [0.15, 0.2) is 22.8 Å². The number of aliphatic hydroxyl groups is 7. The molecule has 1 unspecified atom stereocenters. The summed E-state index contributed by atoms with van der Waals surface area (Å²) in [5, 5.41) is 76.3. The van der Waals surface area contributed by atoms with Crippen LogP contribution in [-0.4, -0.2) is 139 Å². The molecule has 3 rings (SSSR count). The summed E-state index contributed by atoms with van der Waals surface area (Å²) in [7, 11) is 0. The van der Waals surface area contributed by atoms with Crippen LogP contribution in [0.2, 0.25) is 0 Å². The number of thiophene rings is 1. The fourth-order valence-electron chi connectivity index (χ4n) is 4.06. The van der Waals surface area contributed by atoms with Gasteiger partial charge < -0.3 is 50.0 Å². The van der Waals surface area contributed by atoms with Gasteiger partial charge in [-0.2, -0.15) is 5.01 Å². The number of carbonyl (C=O) groups excluding carboxylic acids is 1. The lowest BCUT2D eigenvalue weighted by Gasteiger charge is -2.48. The van der Waals surface area contributed by atoms with Gasteiger partial charge in [0.15, 0.2) is 12.5 Å². The van der Waals surface area contributed by atoms with Crippen LogP contribution >= 0.6 is 22.9 Å². The van der Waals surface area contributed by atoms with Crippen LogP contribution in [0.5, 0.6) is 0 Å². The van der Waals surface area contributed by atoms with Crippen molar-refractivity contribution >= 4 is 29.0 Å². The summed E-state index contributed by atoms with van der Waals surface area (Å²) in [5.41, 5.74) is 0. The fourth-order valence-corrected chi connectivity index (χ4v) is 4.93. The fraction of sp³-hybridized carbons (Fsp3) is 0.750. The first-order chi connectivity index (χ1) is 17.7. The Hall–Kier alpha value is -1.54. The topological polar surface area (TPSA) is 222 Å². The zero-order valence-corrected chi connectivity index (χ0v) is 20.9. The first-order valence-corrected chi connectivity index (χ1v) is 12.7. The van der Waals surface area contributed by atoms with Crippen LogP contribution < -0.4 is 0 Å². The zero-order chi connectivity index (χ0) is 27.3. The second kappa shape index (κ2) is 13.5. The average molecular weight is 572 g/mol. The van der Waals surface area contributed by atoms with Crippen molar-refractivity contribution < 1.29 is 54.8 Å². The molecule has 2 fully saturated rings. The van der Waals surface area contributed by atoms with E-state index in [-0.39, 0.29) is 19.0 Å². The zero-order valence-electron chi connectivity index (χ0n) is 19.3. The third-order valence-corrected chi connectivity index (χ3v) is 7.08. The monoisotopic (exact) mass is 571 g/mol. The molecule has 0 radical (unpaired) electrons. The van der Waals surface area contributed by atoms with Crippen LogP contribution in [0.4, 0.5) is 4.79 Å². The lowest BCUT2D eigenvalue weighted by molar-refractivity contribution is -0.347. The number of alkyl halides is 1. The Morgan fingerprint density at radius 2 is 1.73 bits per heavy atom. The van der Waals surface area contributed by atoms with E-state index < -0.39 is 80.6 Å². The van der Waals surface area contributed by atoms with Gasteiger partial charge in [0, 0.05) is 10.8 Å². The maximum Gasteiger partial charge on any atom is 0.345 e. The SMILES string of the molecule is O=NN(CCCl)C(=O)N(Cc1cccs1)C1O[C@H](CO)[C@@H](O[C@H]2O[C@H](CO)[C@@H](O)[C@H](O)[C@H]2O)[C@H](O)[C@H]1O. The smallest absolute Gasteiger partial charge is 0.345 e. The first-order valence-electron chi connectivity index (χ1n) is 11.3. The van der Waals surface area contributed by atoms with Gasteiger partial charge in [-0.05, 0) is 11.4 Å². The minimum Gasteiger partial charge on any atom is -0.394 e. The van der Waals surface area contributed by atoms with Crippen LogP contribution in [-0.2, 0) is 20.8 Å². The van der Waals surface area contributed by atoms with Crippen LogP contribution in [0.25, 0.3) is 0 Å². The molecule has 2 amide bonds. The molecule has 0 aliphatic carbocycles. The van der Waals surface area contributed by atoms with E-state index in [0.717, 1.165) is 4.90 Å². The van der Waals surface area contributed by atoms with Gasteiger partial charge in [-0.15, -0.1) is 27.8 Å². The van der Waals surface area contributed by atoms with Gasteiger partial charge in [0.2, 0.25) is 0 Å². The van der Waals surface area contributed by atoms with E-state index >= 15 is 0 Å². The molecule has 1 aromatic heterocycles. The molecule has 10 atom stereocenters. The number of amides is 2. The molecule has 2 aliphatic rings. The van der Waals surface area contributed by atoms with Crippen molar-refractivity contribution in [3.05, 3.63) is 27.3 Å². The van der Waals surface area contributed by atoms with Gasteiger partial charge in [-0.25, -0.2) is 4.79 Å². The third kappa shape index (κ3) is 6.55.